The molecule has 8 heteroatoms. The minimum atomic E-state index is -2.81. The van der Waals surface area contributed by atoms with E-state index in [1.807, 2.05) is 12.1 Å². The zero-order valence-electron chi connectivity index (χ0n) is 18.3. The van der Waals surface area contributed by atoms with Crippen molar-refractivity contribution >= 4 is 33.4 Å². The van der Waals surface area contributed by atoms with Crippen LogP contribution in [0.15, 0.2) is 40.9 Å². The Kier molecular flexibility index (Phi) is 8.91. The highest BCUT2D eigenvalue weighted by Crippen LogP contribution is 2.29. The van der Waals surface area contributed by atoms with Gasteiger partial charge in [0.25, 0.3) is 5.91 Å². The monoisotopic (exact) mass is 528 g/mol. The number of benzene rings is 2. The maximum Gasteiger partial charge on any atom is 0.387 e. The first kappa shape index (κ1) is 24.9. The van der Waals surface area contributed by atoms with Crippen molar-refractivity contribution in [1.82, 2.24) is 9.80 Å². The molecule has 1 fully saturated rings. The maximum atomic E-state index is 12.5. The van der Waals surface area contributed by atoms with Gasteiger partial charge < -0.3 is 14.5 Å². The van der Waals surface area contributed by atoms with Gasteiger partial charge in [-0.15, -0.1) is 0 Å². The molecule has 174 valence electrons. The van der Waals surface area contributed by atoms with Gasteiger partial charge in [-0.3, -0.25) is 4.79 Å². The summed E-state index contributed by atoms with van der Waals surface area (Å²) in [5, 5.41) is 0.489. The summed E-state index contributed by atoms with van der Waals surface area (Å²) in [4.78, 5) is 16.1. The first-order chi connectivity index (χ1) is 15.2. The summed E-state index contributed by atoms with van der Waals surface area (Å²) in [5.74, 6) is 0.615. The van der Waals surface area contributed by atoms with Gasteiger partial charge in [-0.1, -0.05) is 33.6 Å². The predicted octanol–water partition coefficient (Wildman–Crippen LogP) is 5.90. The van der Waals surface area contributed by atoms with Gasteiger partial charge in [-0.25, -0.2) is 0 Å². The highest BCUT2D eigenvalue weighted by atomic mass is 79.9. The summed E-state index contributed by atoms with van der Waals surface area (Å²) in [6.45, 7) is 0.124. The van der Waals surface area contributed by atoms with Crippen molar-refractivity contribution in [2.45, 2.75) is 32.3 Å². The predicted molar refractivity (Wildman–Crippen MR) is 127 cm³/mol. The van der Waals surface area contributed by atoms with Gasteiger partial charge in [-0.2, -0.15) is 8.78 Å². The van der Waals surface area contributed by atoms with E-state index in [2.05, 4.69) is 25.6 Å². The number of nitrogens with zero attached hydrogens (tertiary/aromatic N) is 2. The third-order valence-corrected chi connectivity index (χ3v) is 6.93. The van der Waals surface area contributed by atoms with Crippen LogP contribution in [-0.4, -0.2) is 56.0 Å². The fourth-order valence-electron chi connectivity index (χ4n) is 4.02. The van der Waals surface area contributed by atoms with Crippen molar-refractivity contribution < 1.29 is 18.3 Å². The van der Waals surface area contributed by atoms with Crippen LogP contribution in [0.2, 0.25) is 5.02 Å². The Bertz CT molecular complexity index is 934. The highest BCUT2D eigenvalue weighted by molar-refractivity contribution is 9.10. The van der Waals surface area contributed by atoms with Crippen molar-refractivity contribution in [3.63, 3.8) is 0 Å². The number of amides is 1. The number of alkyl halides is 2. The molecule has 0 aromatic heterocycles. The fourth-order valence-corrected chi connectivity index (χ4v) is 4.72. The largest absolute Gasteiger partial charge is 0.435 e. The Morgan fingerprint density at radius 3 is 2.56 bits per heavy atom. The molecule has 0 aliphatic carbocycles. The normalized spacial score (nSPS) is 15.2. The summed E-state index contributed by atoms with van der Waals surface area (Å²) in [5.41, 5.74) is 2.64. The number of likely N-dealkylation sites (tertiary alicyclic amines) is 1. The third kappa shape index (κ3) is 6.90. The Morgan fingerprint density at radius 2 is 1.94 bits per heavy atom. The minimum Gasteiger partial charge on any atom is -0.435 e. The van der Waals surface area contributed by atoms with Gasteiger partial charge in [0.05, 0.1) is 10.6 Å². The summed E-state index contributed by atoms with van der Waals surface area (Å²) in [6.07, 6.45) is 3.83. The molecule has 0 unspecified atom stereocenters. The molecule has 0 spiro atoms. The number of carbonyl (C=O) groups is 1. The standard InChI is InChI=1S/C24H28BrClF2N2O2/c1-29(2)23(31)20-5-3-16(14-22(20)26)7-10-30-11-8-17(9-12-30)13-18-15-19(32-24(27)28)4-6-21(18)25/h3-6,14-15,17,24H,7-13H2,1-2H3. The van der Waals surface area contributed by atoms with E-state index in [1.54, 1.807) is 38.4 Å². The van der Waals surface area contributed by atoms with Crippen molar-refractivity contribution in [3.8, 4) is 5.75 Å². The number of hydrogen-bond acceptors (Lipinski definition) is 3. The van der Waals surface area contributed by atoms with Crippen molar-refractivity contribution in [3.05, 3.63) is 62.6 Å². The molecule has 1 amide bonds. The number of rotatable bonds is 8. The molecule has 32 heavy (non-hydrogen) atoms. The van der Waals surface area contributed by atoms with Gasteiger partial charge >= 0.3 is 6.61 Å². The molecule has 2 aromatic rings. The molecule has 1 heterocycles. The first-order valence-electron chi connectivity index (χ1n) is 10.7. The summed E-state index contributed by atoms with van der Waals surface area (Å²) < 4.78 is 30.5. The molecule has 1 saturated heterocycles. The van der Waals surface area contributed by atoms with Gasteiger partial charge in [0.2, 0.25) is 0 Å². The second-order valence-electron chi connectivity index (χ2n) is 8.38. The average molecular weight is 530 g/mol. The van der Waals surface area contributed by atoms with E-state index in [-0.39, 0.29) is 11.7 Å². The summed E-state index contributed by atoms with van der Waals surface area (Å²) in [6, 6.07) is 10.7. The number of piperidine rings is 1. The molecular formula is C24H28BrClF2N2O2. The quantitative estimate of drug-likeness (QED) is 0.427. The van der Waals surface area contributed by atoms with Crippen LogP contribution in [0.1, 0.15) is 34.3 Å². The molecular weight excluding hydrogens is 502 g/mol. The van der Waals surface area contributed by atoms with Crippen molar-refractivity contribution in [2.24, 2.45) is 5.92 Å². The van der Waals surface area contributed by atoms with Crippen LogP contribution in [0.4, 0.5) is 8.78 Å². The first-order valence-corrected chi connectivity index (χ1v) is 11.9. The van der Waals surface area contributed by atoms with Gasteiger partial charge in [0.15, 0.2) is 0 Å². The molecule has 3 rings (SSSR count). The molecule has 1 aliphatic rings. The van der Waals surface area contributed by atoms with E-state index in [1.165, 1.54) is 4.90 Å². The molecule has 0 radical (unpaired) electrons. The lowest BCUT2D eigenvalue weighted by molar-refractivity contribution is -0.0499. The van der Waals surface area contributed by atoms with Gasteiger partial charge in [0, 0.05) is 25.1 Å². The third-order valence-electron chi connectivity index (χ3n) is 5.84. The highest BCUT2D eigenvalue weighted by Gasteiger charge is 2.21. The molecule has 4 nitrogen and oxygen atoms in total. The number of carbonyl (C=O) groups excluding carboxylic acids is 1. The smallest absolute Gasteiger partial charge is 0.387 e. The summed E-state index contributed by atoms with van der Waals surface area (Å²) in [7, 11) is 3.42. The van der Waals surface area contributed by atoms with E-state index in [0.717, 1.165) is 60.9 Å². The molecule has 0 bridgehead atoms. The topological polar surface area (TPSA) is 32.8 Å². The van der Waals surface area contributed by atoms with E-state index in [4.69, 9.17) is 11.6 Å². The molecule has 0 N–H and O–H groups in total. The number of ether oxygens (including phenoxy) is 1. The Hall–Kier alpha value is -1.70. The molecule has 1 aliphatic heterocycles. The van der Waals surface area contributed by atoms with Crippen LogP contribution >= 0.6 is 27.5 Å². The van der Waals surface area contributed by atoms with Crippen molar-refractivity contribution in [2.75, 3.05) is 33.7 Å². The second-order valence-corrected chi connectivity index (χ2v) is 9.65. The van der Waals surface area contributed by atoms with Gasteiger partial charge in [-0.05, 0) is 86.1 Å². The molecule has 2 aromatic carbocycles. The maximum absolute atomic E-state index is 12.5. The van der Waals surface area contributed by atoms with Gasteiger partial charge in [0.1, 0.15) is 5.75 Å². The van der Waals surface area contributed by atoms with Crippen molar-refractivity contribution in [1.29, 1.82) is 0 Å². The molecule has 0 saturated carbocycles. The molecule has 0 atom stereocenters. The van der Waals surface area contributed by atoms with E-state index in [0.29, 0.717) is 16.5 Å². The lowest BCUT2D eigenvalue weighted by Gasteiger charge is -2.32. The van der Waals surface area contributed by atoms with E-state index in [9.17, 15) is 13.6 Å². The zero-order valence-corrected chi connectivity index (χ0v) is 20.6. The summed E-state index contributed by atoms with van der Waals surface area (Å²) >= 11 is 9.85. The van der Waals surface area contributed by atoms with Crippen LogP contribution in [-0.2, 0) is 12.8 Å². The van der Waals surface area contributed by atoms with Crippen LogP contribution in [0.3, 0.4) is 0 Å². The van der Waals surface area contributed by atoms with Crippen LogP contribution < -0.4 is 4.74 Å². The SMILES string of the molecule is CN(C)C(=O)c1ccc(CCN2CCC(Cc3cc(OC(F)F)ccc3Br)CC2)cc1Cl. The Morgan fingerprint density at radius 1 is 1.22 bits per heavy atom. The Labute approximate surface area is 201 Å². The lowest BCUT2D eigenvalue weighted by atomic mass is 9.90. The van der Waals surface area contributed by atoms with Crippen LogP contribution in [0, 0.1) is 5.92 Å². The lowest BCUT2D eigenvalue weighted by Crippen LogP contribution is -2.35. The number of halogens is 4. The van der Waals surface area contributed by atoms with Crippen LogP contribution in [0.25, 0.3) is 0 Å². The number of hydrogen-bond donors (Lipinski definition) is 0. The van der Waals surface area contributed by atoms with E-state index < -0.39 is 6.61 Å². The van der Waals surface area contributed by atoms with E-state index >= 15 is 0 Å². The average Bonchev–Trinajstić information content (AvgIpc) is 2.75. The van der Waals surface area contributed by atoms with Crippen LogP contribution in [0.5, 0.6) is 5.75 Å². The second kappa shape index (κ2) is 11.4. The zero-order chi connectivity index (χ0) is 23.3. The fraction of sp³-hybridized carbons (Fsp3) is 0.458. The Balaban J connectivity index is 1.48. The minimum absolute atomic E-state index is 0.0958.